The van der Waals surface area contributed by atoms with Crippen molar-refractivity contribution in [3.05, 3.63) is 0 Å². The number of hydrogen-bond acceptors (Lipinski definition) is 2. The first-order valence-electron chi connectivity index (χ1n) is 4.96. The van der Waals surface area contributed by atoms with Crippen molar-refractivity contribution in [1.29, 1.82) is 0 Å². The second kappa shape index (κ2) is 5.97. The van der Waals surface area contributed by atoms with Gasteiger partial charge in [-0.2, -0.15) is 0 Å². The van der Waals surface area contributed by atoms with Crippen LogP contribution in [0.5, 0.6) is 0 Å². The quantitative estimate of drug-likeness (QED) is 0.611. The number of nitrogens with zero attached hydrogens (tertiary/aromatic N) is 2. The summed E-state index contributed by atoms with van der Waals surface area (Å²) in [6.45, 7) is 7.02. The number of carbonyl (C=O) groups excluding carboxylic acids is 1. The standard InChI is InChI=1S/C10H22N2O/c1-6-12(11(4)5)10(13)8-7-9(2)3/h9H,6-8H2,1-5H3. The zero-order chi connectivity index (χ0) is 10.4. The monoisotopic (exact) mass is 186 g/mol. The van der Waals surface area contributed by atoms with Gasteiger partial charge in [-0.15, -0.1) is 0 Å². The Bertz CT molecular complexity index is 155. The van der Waals surface area contributed by atoms with E-state index in [1.54, 1.807) is 5.01 Å². The van der Waals surface area contributed by atoms with Crippen molar-refractivity contribution < 1.29 is 4.79 Å². The summed E-state index contributed by atoms with van der Waals surface area (Å²) in [5.74, 6) is 0.825. The van der Waals surface area contributed by atoms with Crippen molar-refractivity contribution in [2.45, 2.75) is 33.6 Å². The molecule has 1 amide bonds. The predicted octanol–water partition coefficient (Wildman–Crippen LogP) is 1.75. The van der Waals surface area contributed by atoms with E-state index < -0.39 is 0 Å². The average molecular weight is 186 g/mol. The molecular formula is C10H22N2O. The first-order chi connectivity index (χ1) is 5.99. The minimum Gasteiger partial charge on any atom is -0.276 e. The van der Waals surface area contributed by atoms with Gasteiger partial charge in [0.1, 0.15) is 0 Å². The second-order valence-corrected chi connectivity index (χ2v) is 3.89. The highest BCUT2D eigenvalue weighted by molar-refractivity contribution is 5.75. The molecule has 0 aliphatic rings. The maximum Gasteiger partial charge on any atom is 0.236 e. The molecule has 0 aliphatic carbocycles. The Morgan fingerprint density at radius 2 is 1.85 bits per heavy atom. The first-order valence-corrected chi connectivity index (χ1v) is 4.96. The Kier molecular flexibility index (Phi) is 5.71. The van der Waals surface area contributed by atoms with Crippen molar-refractivity contribution in [2.75, 3.05) is 20.6 Å². The molecule has 0 aromatic heterocycles. The van der Waals surface area contributed by atoms with Gasteiger partial charge in [-0.25, -0.2) is 5.01 Å². The molecule has 0 aromatic carbocycles. The summed E-state index contributed by atoms with van der Waals surface area (Å²) < 4.78 is 0. The largest absolute Gasteiger partial charge is 0.276 e. The van der Waals surface area contributed by atoms with Crippen LogP contribution in [0.4, 0.5) is 0 Å². The Labute approximate surface area is 81.7 Å². The zero-order valence-corrected chi connectivity index (χ0v) is 9.50. The van der Waals surface area contributed by atoms with Crippen molar-refractivity contribution in [3.63, 3.8) is 0 Å². The molecule has 0 atom stereocenters. The molecule has 3 heteroatoms. The van der Waals surface area contributed by atoms with Crippen molar-refractivity contribution in [2.24, 2.45) is 5.92 Å². The van der Waals surface area contributed by atoms with E-state index in [-0.39, 0.29) is 5.91 Å². The molecule has 0 bridgehead atoms. The Morgan fingerprint density at radius 3 is 2.15 bits per heavy atom. The van der Waals surface area contributed by atoms with Crippen LogP contribution < -0.4 is 0 Å². The lowest BCUT2D eigenvalue weighted by molar-refractivity contribution is -0.144. The lowest BCUT2D eigenvalue weighted by Crippen LogP contribution is -2.41. The number of carbonyl (C=O) groups is 1. The SMILES string of the molecule is CCN(C(=O)CCC(C)C)N(C)C. The van der Waals surface area contributed by atoms with Gasteiger partial charge in [0.05, 0.1) is 0 Å². The van der Waals surface area contributed by atoms with E-state index >= 15 is 0 Å². The Balaban J connectivity index is 3.92. The Hall–Kier alpha value is -0.570. The van der Waals surface area contributed by atoms with Gasteiger partial charge in [0.25, 0.3) is 0 Å². The topological polar surface area (TPSA) is 23.6 Å². The van der Waals surface area contributed by atoms with Crippen LogP contribution in [0.1, 0.15) is 33.6 Å². The fourth-order valence-electron chi connectivity index (χ4n) is 1.22. The number of hydrazine groups is 1. The average Bonchev–Trinajstić information content (AvgIpc) is 2.01. The van der Waals surface area contributed by atoms with Crippen LogP contribution in [0.15, 0.2) is 0 Å². The molecule has 0 aromatic rings. The molecule has 0 radical (unpaired) electrons. The summed E-state index contributed by atoms with van der Waals surface area (Å²) in [6, 6.07) is 0. The molecule has 3 nitrogen and oxygen atoms in total. The lowest BCUT2D eigenvalue weighted by Gasteiger charge is -2.27. The summed E-state index contributed by atoms with van der Waals surface area (Å²) in [5, 5.41) is 3.62. The van der Waals surface area contributed by atoms with Gasteiger partial charge in [0, 0.05) is 27.1 Å². The van der Waals surface area contributed by atoms with Crippen LogP contribution in [-0.4, -0.2) is 36.6 Å². The van der Waals surface area contributed by atoms with E-state index in [0.29, 0.717) is 12.3 Å². The molecule has 0 aliphatic heterocycles. The third-order valence-electron chi connectivity index (χ3n) is 2.01. The number of hydrogen-bond donors (Lipinski definition) is 0. The van der Waals surface area contributed by atoms with E-state index in [0.717, 1.165) is 13.0 Å². The smallest absolute Gasteiger partial charge is 0.236 e. The van der Waals surface area contributed by atoms with Gasteiger partial charge >= 0.3 is 0 Å². The third-order valence-corrected chi connectivity index (χ3v) is 2.01. The highest BCUT2D eigenvalue weighted by Crippen LogP contribution is 2.06. The van der Waals surface area contributed by atoms with Gasteiger partial charge < -0.3 is 0 Å². The highest BCUT2D eigenvalue weighted by Gasteiger charge is 2.13. The van der Waals surface area contributed by atoms with Gasteiger partial charge in [0.15, 0.2) is 0 Å². The molecule has 0 heterocycles. The van der Waals surface area contributed by atoms with Crippen molar-refractivity contribution in [3.8, 4) is 0 Å². The molecule has 0 rings (SSSR count). The van der Waals surface area contributed by atoms with Crippen LogP contribution in [0.2, 0.25) is 0 Å². The fourth-order valence-corrected chi connectivity index (χ4v) is 1.22. The van der Waals surface area contributed by atoms with E-state index in [4.69, 9.17) is 0 Å². The normalized spacial score (nSPS) is 11.0. The lowest BCUT2D eigenvalue weighted by atomic mass is 10.1. The molecule has 13 heavy (non-hydrogen) atoms. The van der Waals surface area contributed by atoms with Gasteiger partial charge in [-0.3, -0.25) is 9.80 Å². The zero-order valence-electron chi connectivity index (χ0n) is 9.50. The minimum absolute atomic E-state index is 0.223. The summed E-state index contributed by atoms with van der Waals surface area (Å²) in [6.07, 6.45) is 1.63. The number of amides is 1. The molecule has 0 saturated carbocycles. The molecule has 0 spiro atoms. The van der Waals surface area contributed by atoms with E-state index in [1.165, 1.54) is 0 Å². The van der Waals surface area contributed by atoms with Crippen LogP contribution in [0.25, 0.3) is 0 Å². The summed E-state index contributed by atoms with van der Waals surface area (Å²) in [7, 11) is 3.80. The van der Waals surface area contributed by atoms with E-state index in [2.05, 4.69) is 13.8 Å². The minimum atomic E-state index is 0.223. The van der Waals surface area contributed by atoms with Crippen LogP contribution in [0, 0.1) is 5.92 Å². The van der Waals surface area contributed by atoms with Gasteiger partial charge in [0.2, 0.25) is 5.91 Å². The maximum atomic E-state index is 11.6. The van der Waals surface area contributed by atoms with Crippen LogP contribution >= 0.6 is 0 Å². The fraction of sp³-hybridized carbons (Fsp3) is 0.900. The molecular weight excluding hydrogens is 164 g/mol. The molecule has 78 valence electrons. The highest BCUT2D eigenvalue weighted by atomic mass is 16.2. The summed E-state index contributed by atoms with van der Waals surface area (Å²) >= 11 is 0. The van der Waals surface area contributed by atoms with Gasteiger partial charge in [-0.1, -0.05) is 13.8 Å². The molecule has 0 N–H and O–H groups in total. The number of rotatable bonds is 5. The second-order valence-electron chi connectivity index (χ2n) is 3.89. The molecule has 0 saturated heterocycles. The van der Waals surface area contributed by atoms with Crippen LogP contribution in [-0.2, 0) is 4.79 Å². The van der Waals surface area contributed by atoms with Gasteiger partial charge in [-0.05, 0) is 19.3 Å². The van der Waals surface area contributed by atoms with Crippen molar-refractivity contribution in [1.82, 2.24) is 10.0 Å². The first kappa shape index (κ1) is 12.4. The van der Waals surface area contributed by atoms with Crippen molar-refractivity contribution >= 4 is 5.91 Å². The van der Waals surface area contributed by atoms with E-state index in [1.807, 2.05) is 26.0 Å². The third kappa shape index (κ3) is 4.88. The maximum absolute atomic E-state index is 11.6. The molecule has 0 fully saturated rings. The van der Waals surface area contributed by atoms with Crippen LogP contribution in [0.3, 0.4) is 0 Å². The summed E-state index contributed by atoms with van der Waals surface area (Å²) in [4.78, 5) is 11.6. The summed E-state index contributed by atoms with van der Waals surface area (Å²) in [5.41, 5.74) is 0. The van der Waals surface area contributed by atoms with E-state index in [9.17, 15) is 4.79 Å². The predicted molar refractivity (Wildman–Crippen MR) is 55.1 cm³/mol. The Morgan fingerprint density at radius 1 is 1.31 bits per heavy atom. The molecule has 0 unspecified atom stereocenters.